The lowest BCUT2D eigenvalue weighted by molar-refractivity contribution is 0.0699. The van der Waals surface area contributed by atoms with Gasteiger partial charge in [0.15, 0.2) is 0 Å². The molecule has 72 valence electrons. The summed E-state index contributed by atoms with van der Waals surface area (Å²) in [5.41, 5.74) is 0.326. The van der Waals surface area contributed by atoms with Crippen molar-refractivity contribution >= 4 is 27.6 Å². The number of halogens is 1. The molecular formula is C9H6FNO2S. The second-order valence-corrected chi connectivity index (χ2v) is 3.55. The molecule has 0 saturated heterocycles. The Bertz CT molecular complexity index is 495. The number of aromatic carboxylic acids is 1. The van der Waals surface area contributed by atoms with Crippen molar-refractivity contribution < 1.29 is 14.3 Å². The van der Waals surface area contributed by atoms with E-state index in [-0.39, 0.29) is 11.3 Å². The average molecular weight is 211 g/mol. The number of alkyl halides is 1. The summed E-state index contributed by atoms with van der Waals surface area (Å²) in [6, 6.07) is 4.82. The van der Waals surface area contributed by atoms with Crippen LogP contribution in [0.2, 0.25) is 0 Å². The first-order chi connectivity index (χ1) is 6.74. The van der Waals surface area contributed by atoms with Crippen LogP contribution in [0.25, 0.3) is 10.1 Å². The van der Waals surface area contributed by atoms with Crippen molar-refractivity contribution in [2.45, 2.75) is 6.67 Å². The Morgan fingerprint density at radius 1 is 1.57 bits per heavy atom. The number of hydrogen-bond donors (Lipinski definition) is 1. The SMILES string of the molecule is O=C(O)c1cccc2snc(CF)c12. The molecule has 0 aliphatic rings. The van der Waals surface area contributed by atoms with Gasteiger partial charge in [0.25, 0.3) is 0 Å². The van der Waals surface area contributed by atoms with Gasteiger partial charge in [0, 0.05) is 5.39 Å². The molecule has 0 aliphatic heterocycles. The Kier molecular flexibility index (Phi) is 2.17. The highest BCUT2D eigenvalue weighted by Gasteiger charge is 2.14. The van der Waals surface area contributed by atoms with Crippen molar-refractivity contribution in [1.82, 2.24) is 4.37 Å². The van der Waals surface area contributed by atoms with Gasteiger partial charge in [-0.15, -0.1) is 0 Å². The van der Waals surface area contributed by atoms with Crippen LogP contribution >= 0.6 is 11.5 Å². The van der Waals surface area contributed by atoms with Gasteiger partial charge in [-0.1, -0.05) is 6.07 Å². The maximum atomic E-state index is 12.5. The van der Waals surface area contributed by atoms with Gasteiger partial charge in [-0.2, -0.15) is 4.37 Å². The predicted octanol–water partition coefficient (Wildman–Crippen LogP) is 2.46. The maximum absolute atomic E-state index is 12.5. The third-order valence-corrected chi connectivity index (χ3v) is 2.77. The molecule has 0 radical (unpaired) electrons. The number of benzene rings is 1. The fraction of sp³-hybridized carbons (Fsp3) is 0.111. The molecule has 1 aromatic heterocycles. The first-order valence-electron chi connectivity index (χ1n) is 3.90. The van der Waals surface area contributed by atoms with Gasteiger partial charge in [0.05, 0.1) is 16.0 Å². The zero-order valence-electron chi connectivity index (χ0n) is 7.03. The molecule has 14 heavy (non-hydrogen) atoms. The summed E-state index contributed by atoms with van der Waals surface area (Å²) < 4.78 is 17.0. The number of carboxylic acids is 1. The lowest BCUT2D eigenvalue weighted by atomic mass is 10.1. The van der Waals surface area contributed by atoms with Gasteiger partial charge in [-0.05, 0) is 23.7 Å². The summed E-state index contributed by atoms with van der Waals surface area (Å²) in [4.78, 5) is 10.8. The fourth-order valence-corrected chi connectivity index (χ4v) is 2.13. The van der Waals surface area contributed by atoms with Gasteiger partial charge in [-0.3, -0.25) is 0 Å². The zero-order chi connectivity index (χ0) is 10.1. The van der Waals surface area contributed by atoms with E-state index in [0.717, 1.165) is 11.5 Å². The quantitative estimate of drug-likeness (QED) is 0.830. The van der Waals surface area contributed by atoms with Crippen LogP contribution < -0.4 is 0 Å². The van der Waals surface area contributed by atoms with Crippen molar-refractivity contribution in [2.24, 2.45) is 0 Å². The van der Waals surface area contributed by atoms with E-state index in [4.69, 9.17) is 5.11 Å². The number of hydrogen-bond acceptors (Lipinski definition) is 3. The highest BCUT2D eigenvalue weighted by Crippen LogP contribution is 2.26. The van der Waals surface area contributed by atoms with Crippen LogP contribution in [0.15, 0.2) is 18.2 Å². The van der Waals surface area contributed by atoms with E-state index in [2.05, 4.69) is 4.37 Å². The zero-order valence-corrected chi connectivity index (χ0v) is 7.84. The number of fused-ring (bicyclic) bond motifs is 1. The van der Waals surface area contributed by atoms with E-state index in [1.807, 2.05) is 0 Å². The Morgan fingerprint density at radius 3 is 3.00 bits per heavy atom. The number of nitrogens with zero attached hydrogens (tertiary/aromatic N) is 1. The van der Waals surface area contributed by atoms with E-state index >= 15 is 0 Å². The van der Waals surface area contributed by atoms with Crippen LogP contribution in [-0.4, -0.2) is 15.4 Å². The molecule has 1 aromatic carbocycles. The van der Waals surface area contributed by atoms with Gasteiger partial charge in [0.2, 0.25) is 0 Å². The summed E-state index contributed by atoms with van der Waals surface area (Å²) in [5.74, 6) is -1.05. The van der Waals surface area contributed by atoms with Crippen molar-refractivity contribution in [3.8, 4) is 0 Å². The van der Waals surface area contributed by atoms with Crippen molar-refractivity contribution in [2.75, 3.05) is 0 Å². The van der Waals surface area contributed by atoms with Crippen LogP contribution in [0.4, 0.5) is 4.39 Å². The van der Waals surface area contributed by atoms with Crippen LogP contribution in [-0.2, 0) is 6.67 Å². The minimum absolute atomic E-state index is 0.115. The Labute approximate surface area is 83.0 Å². The first-order valence-corrected chi connectivity index (χ1v) is 4.68. The molecule has 0 spiro atoms. The van der Waals surface area contributed by atoms with Crippen molar-refractivity contribution in [3.63, 3.8) is 0 Å². The lowest BCUT2D eigenvalue weighted by Gasteiger charge is -1.97. The van der Waals surface area contributed by atoms with Crippen LogP contribution in [0, 0.1) is 0 Å². The smallest absolute Gasteiger partial charge is 0.336 e. The predicted molar refractivity (Wildman–Crippen MR) is 51.4 cm³/mol. The highest BCUT2D eigenvalue weighted by molar-refractivity contribution is 7.13. The molecule has 2 aromatic rings. The monoisotopic (exact) mass is 211 g/mol. The maximum Gasteiger partial charge on any atom is 0.336 e. The summed E-state index contributed by atoms with van der Waals surface area (Å²) in [6.45, 7) is -0.732. The molecule has 0 aliphatic carbocycles. The van der Waals surface area contributed by atoms with Gasteiger partial charge < -0.3 is 5.11 Å². The second-order valence-electron chi connectivity index (χ2n) is 2.75. The number of carboxylic acid groups (broad SMARTS) is 1. The summed E-state index contributed by atoms with van der Waals surface area (Å²) in [5, 5.41) is 9.30. The summed E-state index contributed by atoms with van der Waals surface area (Å²) >= 11 is 1.12. The molecule has 5 heteroatoms. The third-order valence-electron chi connectivity index (χ3n) is 1.93. The molecule has 0 saturated carbocycles. The largest absolute Gasteiger partial charge is 0.478 e. The van der Waals surface area contributed by atoms with Crippen LogP contribution in [0.1, 0.15) is 16.1 Å². The normalized spacial score (nSPS) is 10.6. The Morgan fingerprint density at radius 2 is 2.36 bits per heavy atom. The summed E-state index contributed by atoms with van der Waals surface area (Å²) in [6.07, 6.45) is 0. The molecule has 3 nitrogen and oxygen atoms in total. The molecule has 0 atom stereocenters. The minimum atomic E-state index is -1.05. The van der Waals surface area contributed by atoms with Gasteiger partial charge in [0.1, 0.15) is 6.67 Å². The standard InChI is InChI=1S/C9H6FNO2S/c10-4-6-8-5(9(12)13)2-1-3-7(8)14-11-6/h1-3H,4H2,(H,12,13). The number of rotatable bonds is 2. The topological polar surface area (TPSA) is 50.2 Å². The summed E-state index contributed by atoms with van der Waals surface area (Å²) in [7, 11) is 0. The molecule has 0 amide bonds. The van der Waals surface area contributed by atoms with E-state index < -0.39 is 12.6 Å². The van der Waals surface area contributed by atoms with Gasteiger partial charge >= 0.3 is 5.97 Å². The second kappa shape index (κ2) is 3.34. The molecule has 0 fully saturated rings. The van der Waals surface area contributed by atoms with E-state index in [1.54, 1.807) is 12.1 Å². The number of carbonyl (C=O) groups is 1. The molecular weight excluding hydrogens is 205 g/mol. The lowest BCUT2D eigenvalue weighted by Crippen LogP contribution is -1.97. The van der Waals surface area contributed by atoms with E-state index in [9.17, 15) is 9.18 Å². The fourth-order valence-electron chi connectivity index (χ4n) is 1.32. The molecule has 0 unspecified atom stereocenters. The van der Waals surface area contributed by atoms with Crippen molar-refractivity contribution in [3.05, 3.63) is 29.5 Å². The van der Waals surface area contributed by atoms with Crippen molar-refractivity contribution in [1.29, 1.82) is 0 Å². The molecule has 0 bridgehead atoms. The number of aromatic nitrogens is 1. The average Bonchev–Trinajstić information content (AvgIpc) is 2.59. The first kappa shape index (κ1) is 9.08. The van der Waals surface area contributed by atoms with E-state index in [0.29, 0.717) is 10.1 Å². The Hall–Kier alpha value is -1.49. The molecule has 1 N–H and O–H groups in total. The van der Waals surface area contributed by atoms with Gasteiger partial charge in [-0.25, -0.2) is 9.18 Å². The Balaban J connectivity index is 2.81. The molecule has 2 rings (SSSR count). The van der Waals surface area contributed by atoms with Crippen LogP contribution in [0.5, 0.6) is 0 Å². The highest BCUT2D eigenvalue weighted by atomic mass is 32.1. The third kappa shape index (κ3) is 1.26. The van der Waals surface area contributed by atoms with Crippen LogP contribution in [0.3, 0.4) is 0 Å². The van der Waals surface area contributed by atoms with E-state index in [1.165, 1.54) is 6.07 Å². The molecule has 1 heterocycles. The minimum Gasteiger partial charge on any atom is -0.478 e.